The van der Waals surface area contributed by atoms with Gasteiger partial charge in [0, 0.05) is 0 Å². The van der Waals surface area contributed by atoms with Gasteiger partial charge >= 0.3 is 18.2 Å². The van der Waals surface area contributed by atoms with Crippen LogP contribution in [0.3, 0.4) is 0 Å². The van der Waals surface area contributed by atoms with E-state index in [1.54, 1.807) is 0 Å². The zero-order valence-electron chi connectivity index (χ0n) is 9.82. The lowest BCUT2D eigenvalue weighted by molar-refractivity contribution is -0.138. The van der Waals surface area contributed by atoms with Crippen molar-refractivity contribution in [3.05, 3.63) is 29.3 Å². The molecular weight excluding hydrogens is 317 g/mol. The maximum absolute atomic E-state index is 12.9. The molecule has 0 saturated carbocycles. The molecule has 0 aliphatic rings. The molecule has 0 aromatic heterocycles. The summed E-state index contributed by atoms with van der Waals surface area (Å²) in [5.74, 6) is -2.68. The van der Waals surface area contributed by atoms with Crippen LogP contribution < -0.4 is 4.74 Å². The zero-order valence-corrected chi connectivity index (χ0v) is 10.6. The van der Waals surface area contributed by atoms with Crippen LogP contribution >= 0.6 is 11.6 Å². The van der Waals surface area contributed by atoms with E-state index in [-0.39, 0.29) is 0 Å². The first-order valence-electron chi connectivity index (χ1n) is 5.15. The smallest absolute Gasteiger partial charge is 0.416 e. The Morgan fingerprint density at radius 1 is 1.05 bits per heavy atom. The minimum atomic E-state index is -4.89. The summed E-state index contributed by atoms with van der Waals surface area (Å²) in [7, 11) is 0. The molecule has 0 heterocycles. The van der Waals surface area contributed by atoms with E-state index in [4.69, 9.17) is 11.6 Å². The van der Waals surface area contributed by atoms with Gasteiger partial charge in [-0.25, -0.2) is 0 Å². The Hall–Kier alpha value is -1.18. The summed E-state index contributed by atoms with van der Waals surface area (Å²) in [6.45, 7) is -2.51. The Labute approximate surface area is 114 Å². The minimum absolute atomic E-state index is 0.300. The summed E-state index contributed by atoms with van der Waals surface area (Å²) in [6, 6.07) is 1.39. The molecular formula is C11H8ClF7O. The fourth-order valence-corrected chi connectivity index (χ4v) is 1.52. The van der Waals surface area contributed by atoms with Crippen molar-refractivity contribution in [2.75, 3.05) is 0 Å². The molecule has 1 aromatic rings. The molecule has 0 saturated heterocycles. The van der Waals surface area contributed by atoms with Crippen molar-refractivity contribution in [3.8, 4) is 5.75 Å². The molecule has 9 heteroatoms. The molecule has 0 fully saturated rings. The van der Waals surface area contributed by atoms with E-state index in [9.17, 15) is 30.7 Å². The summed E-state index contributed by atoms with van der Waals surface area (Å²) in [6.07, 6.45) is -4.89. The van der Waals surface area contributed by atoms with Gasteiger partial charge in [0.25, 0.3) is 0 Å². The van der Waals surface area contributed by atoms with Crippen LogP contribution in [0.4, 0.5) is 30.7 Å². The molecule has 1 atom stereocenters. The standard InChI is InChI=1S/C11H8ClF7O/c1-5(10(12,15)16)6-2-7(11(17,18)19)4-8(3-6)20-9(13)14/h2-5,9H,1H3. The topological polar surface area (TPSA) is 9.23 Å². The Balaban J connectivity index is 3.30. The predicted octanol–water partition coefficient (Wildman–Crippen LogP) is 5.24. The summed E-state index contributed by atoms with van der Waals surface area (Å²) < 4.78 is 91.5. The summed E-state index contributed by atoms with van der Waals surface area (Å²) in [5, 5.41) is -3.83. The molecule has 1 unspecified atom stereocenters. The second-order valence-electron chi connectivity index (χ2n) is 3.93. The highest BCUT2D eigenvalue weighted by Gasteiger charge is 2.37. The molecule has 0 aliphatic heterocycles. The van der Waals surface area contributed by atoms with Crippen molar-refractivity contribution in [3.63, 3.8) is 0 Å². The molecule has 114 valence electrons. The number of halogens is 8. The second-order valence-corrected chi connectivity index (χ2v) is 4.43. The van der Waals surface area contributed by atoms with Crippen LogP contribution in [-0.4, -0.2) is 12.0 Å². The lowest BCUT2D eigenvalue weighted by Gasteiger charge is -2.20. The van der Waals surface area contributed by atoms with Crippen LogP contribution in [0.1, 0.15) is 24.0 Å². The van der Waals surface area contributed by atoms with Gasteiger partial charge in [0.05, 0.1) is 11.5 Å². The number of rotatable bonds is 4. The lowest BCUT2D eigenvalue weighted by atomic mass is 9.98. The van der Waals surface area contributed by atoms with Crippen LogP contribution in [0.5, 0.6) is 5.75 Å². The Morgan fingerprint density at radius 2 is 1.60 bits per heavy atom. The third-order valence-corrected chi connectivity index (χ3v) is 2.80. The SMILES string of the molecule is CC(c1cc(OC(F)F)cc(C(F)(F)F)c1)C(F)(F)Cl. The van der Waals surface area contributed by atoms with E-state index in [1.165, 1.54) is 0 Å². The highest BCUT2D eigenvalue weighted by molar-refractivity contribution is 6.22. The van der Waals surface area contributed by atoms with Crippen molar-refractivity contribution in [1.82, 2.24) is 0 Å². The largest absolute Gasteiger partial charge is 0.435 e. The Morgan fingerprint density at radius 3 is 2.00 bits per heavy atom. The normalized spacial score (nSPS) is 14.5. The van der Waals surface area contributed by atoms with Crippen LogP contribution in [0.15, 0.2) is 18.2 Å². The molecule has 0 spiro atoms. The molecule has 1 nitrogen and oxygen atoms in total. The predicted molar refractivity (Wildman–Crippen MR) is 57.3 cm³/mol. The van der Waals surface area contributed by atoms with Crippen molar-refractivity contribution < 1.29 is 35.5 Å². The van der Waals surface area contributed by atoms with Gasteiger partial charge in [-0.2, -0.15) is 30.7 Å². The molecule has 0 N–H and O–H groups in total. The van der Waals surface area contributed by atoms with Gasteiger partial charge in [0.15, 0.2) is 0 Å². The first-order chi connectivity index (χ1) is 8.91. The lowest BCUT2D eigenvalue weighted by Crippen LogP contribution is -2.18. The van der Waals surface area contributed by atoms with Crippen molar-refractivity contribution in [2.45, 2.75) is 31.0 Å². The molecule has 0 bridgehead atoms. The third-order valence-electron chi connectivity index (χ3n) is 2.47. The van der Waals surface area contributed by atoms with E-state index in [1.807, 2.05) is 0 Å². The monoisotopic (exact) mass is 324 g/mol. The number of alkyl halides is 8. The van der Waals surface area contributed by atoms with Gasteiger partial charge in [0.2, 0.25) is 0 Å². The first-order valence-corrected chi connectivity index (χ1v) is 5.52. The average Bonchev–Trinajstić information content (AvgIpc) is 2.24. The maximum Gasteiger partial charge on any atom is 0.416 e. The third kappa shape index (κ3) is 4.43. The van der Waals surface area contributed by atoms with Crippen LogP contribution in [0.25, 0.3) is 0 Å². The van der Waals surface area contributed by atoms with Crippen LogP contribution in [-0.2, 0) is 6.18 Å². The summed E-state index contributed by atoms with van der Waals surface area (Å²) >= 11 is 4.74. The number of hydrogen-bond donors (Lipinski definition) is 0. The number of benzene rings is 1. The molecule has 0 amide bonds. The van der Waals surface area contributed by atoms with E-state index in [0.29, 0.717) is 18.2 Å². The fraction of sp³-hybridized carbons (Fsp3) is 0.455. The maximum atomic E-state index is 12.9. The van der Waals surface area contributed by atoms with Crippen molar-refractivity contribution in [2.24, 2.45) is 0 Å². The van der Waals surface area contributed by atoms with Crippen molar-refractivity contribution >= 4 is 11.6 Å². The zero-order chi connectivity index (χ0) is 15.7. The van der Waals surface area contributed by atoms with E-state index in [0.717, 1.165) is 6.92 Å². The molecule has 20 heavy (non-hydrogen) atoms. The molecule has 0 aliphatic carbocycles. The highest BCUT2D eigenvalue weighted by atomic mass is 35.5. The number of hydrogen-bond acceptors (Lipinski definition) is 1. The van der Waals surface area contributed by atoms with Gasteiger partial charge in [-0.05, 0) is 35.4 Å². The molecule has 0 radical (unpaired) electrons. The summed E-state index contributed by atoms with van der Waals surface area (Å²) in [5.41, 5.74) is -1.94. The average molecular weight is 325 g/mol. The van der Waals surface area contributed by atoms with Crippen LogP contribution in [0, 0.1) is 0 Å². The van der Waals surface area contributed by atoms with Gasteiger partial charge < -0.3 is 4.74 Å². The van der Waals surface area contributed by atoms with Crippen LogP contribution in [0.2, 0.25) is 0 Å². The Bertz CT molecular complexity index is 467. The van der Waals surface area contributed by atoms with E-state index in [2.05, 4.69) is 4.74 Å². The van der Waals surface area contributed by atoms with Gasteiger partial charge in [-0.3, -0.25) is 0 Å². The molecule has 1 aromatic carbocycles. The molecule has 1 rings (SSSR count). The second kappa shape index (κ2) is 5.67. The van der Waals surface area contributed by atoms with Gasteiger partial charge in [-0.1, -0.05) is 6.92 Å². The van der Waals surface area contributed by atoms with Gasteiger partial charge in [0.1, 0.15) is 5.75 Å². The highest BCUT2D eigenvalue weighted by Crippen LogP contribution is 2.40. The number of ether oxygens (including phenoxy) is 1. The fourth-order valence-electron chi connectivity index (χ4n) is 1.40. The first kappa shape index (κ1) is 16.9. The van der Waals surface area contributed by atoms with Crippen molar-refractivity contribution in [1.29, 1.82) is 0 Å². The van der Waals surface area contributed by atoms with E-state index >= 15 is 0 Å². The quantitative estimate of drug-likeness (QED) is 0.543. The van der Waals surface area contributed by atoms with E-state index < -0.39 is 41.0 Å². The van der Waals surface area contributed by atoms with Gasteiger partial charge in [-0.15, -0.1) is 0 Å². The summed E-state index contributed by atoms with van der Waals surface area (Å²) in [4.78, 5) is 0. The Kier molecular flexibility index (Phi) is 4.78. The minimum Gasteiger partial charge on any atom is -0.435 e.